The predicted molar refractivity (Wildman–Crippen MR) is 78.7 cm³/mol. The summed E-state index contributed by atoms with van der Waals surface area (Å²) in [5, 5.41) is 0.804. The Balaban J connectivity index is 2.28. The molecule has 1 aliphatic heterocycles. The smallest absolute Gasteiger partial charge is 0.0735 e. The van der Waals surface area contributed by atoms with E-state index in [0.29, 0.717) is 0 Å². The predicted octanol–water partition coefficient (Wildman–Crippen LogP) is 4.61. The molecule has 2 heteroatoms. The highest BCUT2D eigenvalue weighted by atomic mass is 35.5. The van der Waals surface area contributed by atoms with Crippen LogP contribution in [-0.2, 0) is 5.41 Å². The number of allylic oxidation sites excluding steroid dienone is 2. The molecule has 18 heavy (non-hydrogen) atoms. The van der Waals surface area contributed by atoms with Gasteiger partial charge in [-0.2, -0.15) is 0 Å². The van der Waals surface area contributed by atoms with Crippen molar-refractivity contribution in [2.24, 2.45) is 0 Å². The number of likely N-dealkylation sites (N-methyl/N-ethyl adjacent to an activating group) is 1. The van der Waals surface area contributed by atoms with Crippen LogP contribution in [0, 0.1) is 0 Å². The molecule has 0 saturated heterocycles. The molecule has 1 heterocycles. The number of hydrogen-bond acceptors (Lipinski definition) is 1. The molecule has 0 N–H and O–H groups in total. The number of halogens is 1. The fourth-order valence-electron chi connectivity index (χ4n) is 2.12. The highest BCUT2D eigenvalue weighted by Crippen LogP contribution is 2.30. The van der Waals surface area contributed by atoms with Gasteiger partial charge in [-0.25, -0.2) is 0 Å². The second kappa shape index (κ2) is 4.81. The van der Waals surface area contributed by atoms with Crippen molar-refractivity contribution in [2.75, 3.05) is 7.05 Å². The normalized spacial score (nSPS) is 19.9. The molecule has 0 bridgehead atoms. The summed E-state index contributed by atoms with van der Waals surface area (Å²) >= 11 is 6.08. The summed E-state index contributed by atoms with van der Waals surface area (Å²) in [5.41, 5.74) is 2.83. The lowest BCUT2D eigenvalue weighted by atomic mass is 9.86. The molecule has 0 radical (unpaired) electrons. The highest BCUT2D eigenvalue weighted by Gasteiger charge is 2.17. The minimum Gasteiger partial charge on any atom is -0.370 e. The molecular formula is C16H20ClN. The topological polar surface area (TPSA) is 3.24 Å². The third-order valence-electron chi connectivity index (χ3n) is 3.34. The van der Waals surface area contributed by atoms with E-state index in [1.165, 1.54) is 11.1 Å². The summed E-state index contributed by atoms with van der Waals surface area (Å²) in [6, 6.07) is 9.05. The first-order chi connectivity index (χ1) is 8.38. The number of rotatable bonds is 1. The number of hydrogen-bond donors (Lipinski definition) is 0. The van der Waals surface area contributed by atoms with Gasteiger partial charge in [0.05, 0.1) is 6.04 Å². The third kappa shape index (κ3) is 2.78. The molecule has 1 nitrogen and oxygen atoms in total. The maximum absolute atomic E-state index is 6.08. The van der Waals surface area contributed by atoms with Crippen molar-refractivity contribution in [3.63, 3.8) is 0 Å². The number of nitrogens with zero attached hydrogens (tertiary/aromatic N) is 1. The van der Waals surface area contributed by atoms with Gasteiger partial charge in [0.25, 0.3) is 0 Å². The average molecular weight is 262 g/mol. The van der Waals surface area contributed by atoms with E-state index < -0.39 is 0 Å². The van der Waals surface area contributed by atoms with Crippen LogP contribution in [0.3, 0.4) is 0 Å². The molecule has 0 aromatic heterocycles. The Morgan fingerprint density at radius 2 is 1.72 bits per heavy atom. The Bertz CT molecular complexity index is 477. The van der Waals surface area contributed by atoms with Crippen molar-refractivity contribution >= 4 is 11.6 Å². The van der Waals surface area contributed by atoms with Gasteiger partial charge >= 0.3 is 0 Å². The molecule has 0 spiro atoms. The molecule has 1 aliphatic rings. The summed E-state index contributed by atoms with van der Waals surface area (Å²) in [4.78, 5) is 2.16. The van der Waals surface area contributed by atoms with Gasteiger partial charge in [-0.3, -0.25) is 0 Å². The Kier molecular flexibility index (Phi) is 3.54. The Morgan fingerprint density at radius 3 is 2.28 bits per heavy atom. The number of benzene rings is 1. The molecule has 2 rings (SSSR count). The Morgan fingerprint density at radius 1 is 1.11 bits per heavy atom. The zero-order valence-corrected chi connectivity index (χ0v) is 12.2. The third-order valence-corrected chi connectivity index (χ3v) is 3.59. The van der Waals surface area contributed by atoms with Crippen LogP contribution in [-0.4, -0.2) is 11.9 Å². The van der Waals surface area contributed by atoms with E-state index in [4.69, 9.17) is 11.6 Å². The van der Waals surface area contributed by atoms with E-state index in [9.17, 15) is 0 Å². The molecule has 1 aromatic carbocycles. The zero-order valence-electron chi connectivity index (χ0n) is 11.4. The summed E-state index contributed by atoms with van der Waals surface area (Å²) in [7, 11) is 2.07. The highest BCUT2D eigenvalue weighted by molar-refractivity contribution is 6.31. The molecule has 1 unspecified atom stereocenters. The second-order valence-electron chi connectivity index (χ2n) is 5.85. The molecule has 0 amide bonds. The van der Waals surface area contributed by atoms with Crippen LogP contribution < -0.4 is 0 Å². The van der Waals surface area contributed by atoms with Crippen molar-refractivity contribution in [1.29, 1.82) is 0 Å². The first-order valence-electron chi connectivity index (χ1n) is 6.26. The van der Waals surface area contributed by atoms with Crippen LogP contribution in [0.5, 0.6) is 0 Å². The van der Waals surface area contributed by atoms with Gasteiger partial charge in [-0.15, -0.1) is 0 Å². The van der Waals surface area contributed by atoms with Crippen LogP contribution in [0.15, 0.2) is 47.6 Å². The standard InChI is InChI=1S/C16H20ClN/c1-16(2,3)13-7-5-12(6-8-13)15-11-14(17)9-10-18(15)4/h5-11,15H,1-4H3. The molecule has 0 fully saturated rings. The molecule has 0 saturated carbocycles. The van der Waals surface area contributed by atoms with Gasteiger partial charge in [-0.05, 0) is 28.7 Å². The van der Waals surface area contributed by atoms with Crippen LogP contribution in [0.25, 0.3) is 0 Å². The van der Waals surface area contributed by atoms with E-state index in [1.807, 2.05) is 12.3 Å². The lowest BCUT2D eigenvalue weighted by molar-refractivity contribution is 0.389. The second-order valence-corrected chi connectivity index (χ2v) is 6.29. The SMILES string of the molecule is CN1C=CC(Cl)=CC1c1ccc(C(C)(C)C)cc1. The van der Waals surface area contributed by atoms with Crippen LogP contribution >= 0.6 is 11.6 Å². The van der Waals surface area contributed by atoms with E-state index >= 15 is 0 Å². The first-order valence-corrected chi connectivity index (χ1v) is 6.63. The Labute approximate surface area is 115 Å². The van der Waals surface area contributed by atoms with E-state index in [2.05, 4.69) is 63.1 Å². The fourth-order valence-corrected chi connectivity index (χ4v) is 2.29. The van der Waals surface area contributed by atoms with Gasteiger partial charge in [0.15, 0.2) is 0 Å². The van der Waals surface area contributed by atoms with Crippen LogP contribution in [0.4, 0.5) is 0 Å². The van der Waals surface area contributed by atoms with E-state index in [1.54, 1.807) is 0 Å². The molecule has 0 aliphatic carbocycles. The van der Waals surface area contributed by atoms with Crippen molar-refractivity contribution in [3.05, 3.63) is 58.8 Å². The first kappa shape index (κ1) is 13.2. The summed E-state index contributed by atoms with van der Waals surface area (Å²) in [5.74, 6) is 0. The van der Waals surface area contributed by atoms with Crippen molar-refractivity contribution < 1.29 is 0 Å². The van der Waals surface area contributed by atoms with Crippen LogP contribution in [0.2, 0.25) is 0 Å². The summed E-state index contributed by atoms with van der Waals surface area (Å²) in [6.07, 6.45) is 6.01. The Hall–Kier alpha value is -1.21. The zero-order chi connectivity index (χ0) is 13.3. The van der Waals surface area contributed by atoms with Gasteiger partial charge in [0.2, 0.25) is 0 Å². The largest absolute Gasteiger partial charge is 0.370 e. The summed E-state index contributed by atoms with van der Waals surface area (Å²) < 4.78 is 0. The molecule has 1 atom stereocenters. The molecule has 1 aromatic rings. The average Bonchev–Trinajstić information content (AvgIpc) is 2.31. The van der Waals surface area contributed by atoms with Gasteiger partial charge in [-0.1, -0.05) is 56.6 Å². The van der Waals surface area contributed by atoms with Gasteiger partial charge in [0, 0.05) is 18.3 Å². The maximum Gasteiger partial charge on any atom is 0.0735 e. The fraction of sp³-hybridized carbons (Fsp3) is 0.375. The van der Waals surface area contributed by atoms with E-state index in [-0.39, 0.29) is 11.5 Å². The molecular weight excluding hydrogens is 242 g/mol. The monoisotopic (exact) mass is 261 g/mol. The lowest BCUT2D eigenvalue weighted by Crippen LogP contribution is -2.20. The van der Waals surface area contributed by atoms with Crippen molar-refractivity contribution in [3.8, 4) is 0 Å². The van der Waals surface area contributed by atoms with E-state index in [0.717, 1.165) is 5.03 Å². The van der Waals surface area contributed by atoms with Gasteiger partial charge < -0.3 is 4.90 Å². The maximum atomic E-state index is 6.08. The minimum absolute atomic E-state index is 0.199. The minimum atomic E-state index is 0.199. The molecule has 96 valence electrons. The van der Waals surface area contributed by atoms with Crippen molar-refractivity contribution in [1.82, 2.24) is 4.90 Å². The van der Waals surface area contributed by atoms with Gasteiger partial charge in [0.1, 0.15) is 0 Å². The quantitative estimate of drug-likeness (QED) is 0.714. The summed E-state index contributed by atoms with van der Waals surface area (Å²) in [6.45, 7) is 6.69. The van der Waals surface area contributed by atoms with Crippen molar-refractivity contribution in [2.45, 2.75) is 32.2 Å². The lowest BCUT2D eigenvalue weighted by Gasteiger charge is -2.28. The van der Waals surface area contributed by atoms with Crippen LogP contribution in [0.1, 0.15) is 37.9 Å².